The van der Waals surface area contributed by atoms with E-state index in [-0.39, 0.29) is 71.3 Å². The molecule has 1 saturated heterocycles. The lowest BCUT2D eigenvalue weighted by Gasteiger charge is -2.30. The minimum Gasteiger partial charge on any atom is -0.478 e. The fraction of sp³-hybridized carbons (Fsp3) is 0.500. The summed E-state index contributed by atoms with van der Waals surface area (Å²) in [4.78, 5) is 112. The van der Waals surface area contributed by atoms with Crippen molar-refractivity contribution < 1.29 is 95.2 Å². The molecule has 0 radical (unpaired) electrons. The highest BCUT2D eigenvalue weighted by Gasteiger charge is 2.50. The van der Waals surface area contributed by atoms with E-state index in [1.165, 1.54) is 38.1 Å². The number of ketones is 1. The second kappa shape index (κ2) is 21.7. The van der Waals surface area contributed by atoms with Crippen LogP contribution in [0.3, 0.4) is 0 Å². The van der Waals surface area contributed by atoms with Gasteiger partial charge >= 0.3 is 29.4 Å². The summed E-state index contributed by atoms with van der Waals surface area (Å²) in [7, 11) is -16.5. The molecule has 4 rings (SSSR count). The molecule has 2 amide bonds. The number of aliphatic hydroxyl groups is 2. The lowest BCUT2D eigenvalue weighted by atomic mass is 9.87. The number of ether oxygens (including phenoxy) is 1. The van der Waals surface area contributed by atoms with Crippen LogP contribution in [0.25, 0.3) is 11.2 Å². The van der Waals surface area contributed by atoms with E-state index in [4.69, 9.17) is 19.5 Å². The smallest absolute Gasteiger partial charge is 0.478 e. The number of aromatic nitrogens is 4. The molecular weight excluding hydrogens is 927 g/mol. The Labute approximate surface area is 360 Å². The zero-order chi connectivity index (χ0) is 46.9. The summed E-state index contributed by atoms with van der Waals surface area (Å²) in [5.41, 5.74) is 3.99. The molecule has 3 heterocycles. The zero-order valence-electron chi connectivity index (χ0n) is 33.1. The van der Waals surface area contributed by atoms with E-state index in [2.05, 4.69) is 34.4 Å². The number of benzene rings is 1. The topological polar surface area (TPSA) is 418 Å². The van der Waals surface area contributed by atoms with Crippen LogP contribution in [0, 0.1) is 5.41 Å². The van der Waals surface area contributed by atoms with E-state index in [0.717, 1.165) is 29.0 Å². The molecule has 1 aliphatic heterocycles. The van der Waals surface area contributed by atoms with E-state index in [0.29, 0.717) is 0 Å². The van der Waals surface area contributed by atoms with Crippen molar-refractivity contribution in [1.29, 1.82) is 0 Å². The second-order valence-electron chi connectivity index (χ2n) is 14.1. The zero-order valence-corrected chi connectivity index (χ0v) is 36.6. The Bertz CT molecular complexity index is 2310. The van der Waals surface area contributed by atoms with Gasteiger partial charge in [0.05, 0.1) is 25.1 Å². The van der Waals surface area contributed by atoms with Gasteiger partial charge in [0.2, 0.25) is 11.8 Å². The van der Waals surface area contributed by atoms with Gasteiger partial charge in [0, 0.05) is 49.1 Å². The number of nitrogens with two attached hydrogens (primary N) is 1. The number of imidazole rings is 1. The first-order chi connectivity index (χ1) is 29.3. The lowest BCUT2D eigenvalue weighted by molar-refractivity contribution is -0.137. The van der Waals surface area contributed by atoms with Gasteiger partial charge in [-0.2, -0.15) is 4.31 Å². The Morgan fingerprint density at radius 1 is 0.952 bits per heavy atom. The van der Waals surface area contributed by atoms with Crippen molar-refractivity contribution in [3.05, 3.63) is 48.0 Å². The van der Waals surface area contributed by atoms with Gasteiger partial charge in [0.15, 0.2) is 28.6 Å². The number of nitrogen functional groups attached to an aromatic ring is 1. The van der Waals surface area contributed by atoms with Crippen molar-refractivity contribution in [3.63, 3.8) is 0 Å². The molecule has 3 aromatic rings. The Balaban J connectivity index is 1.18. The fourth-order valence-corrected chi connectivity index (χ4v) is 9.14. The van der Waals surface area contributed by atoms with Gasteiger partial charge in [-0.15, -0.1) is 0 Å². The van der Waals surface area contributed by atoms with Crippen LogP contribution >= 0.6 is 35.2 Å². The van der Waals surface area contributed by atoms with E-state index in [1.807, 2.05) is 0 Å². The summed E-state index contributed by atoms with van der Waals surface area (Å²) >= 11 is 0.849. The maximum atomic E-state index is 12.7. The number of aliphatic hydroxyl groups excluding tert-OH is 2. The molecule has 31 heteroatoms. The Hall–Kier alpha value is -4.08. The molecule has 0 saturated carbocycles. The Kier molecular flexibility index (Phi) is 17.8. The van der Waals surface area contributed by atoms with Crippen LogP contribution in [0.4, 0.5) is 5.82 Å². The molecule has 0 aliphatic carbocycles. The Morgan fingerprint density at radius 2 is 1.62 bits per heavy atom. The van der Waals surface area contributed by atoms with E-state index in [1.54, 1.807) is 0 Å². The van der Waals surface area contributed by atoms with Crippen molar-refractivity contribution in [2.75, 3.05) is 37.8 Å². The van der Waals surface area contributed by atoms with Crippen LogP contribution in [0.15, 0.2) is 36.9 Å². The standard InChI is InChI=1S/C32H44N7O20P3S/c1-32(2,26(44)29(45)35-10-9-21(41)34-11-12-63-22(42)8-7-19(40)17-5-3-4-6-18(17)31(46)47)14-56-62(53,54)59-61(51,52)55-13-20-25(58-60(48,49)50)24(43)30(57-20)39-16-38-23-27(33)36-15-37-28(23)39/h3-6,15-16,20,24-26,30,43-44H,7-14H2,1-2H3,(H,34,41)(H,35,45)(H,46,47)(H,51,52)(H,53,54)(H2,33,36,37)(H2,48,49,50)/t20-,24-,25-,26+,30-/m1/s1. The molecule has 11 N–H and O–H groups in total. The number of carbonyl (C=O) groups is 5. The number of carboxylic acids is 1. The van der Waals surface area contributed by atoms with Crippen molar-refractivity contribution in [3.8, 4) is 0 Å². The van der Waals surface area contributed by atoms with Gasteiger partial charge < -0.3 is 56.0 Å². The molecule has 2 unspecified atom stereocenters. The molecule has 1 fully saturated rings. The number of phosphoric ester groups is 3. The maximum absolute atomic E-state index is 12.7. The lowest BCUT2D eigenvalue weighted by Crippen LogP contribution is -2.46. The molecular formula is C32H44N7O20P3S. The number of amides is 2. The summed E-state index contributed by atoms with van der Waals surface area (Å²) in [6.45, 7) is 0.109. The Morgan fingerprint density at radius 3 is 2.29 bits per heavy atom. The molecule has 1 aromatic carbocycles. The first kappa shape index (κ1) is 51.6. The normalized spacial score (nSPS) is 20.4. The number of phosphoric acid groups is 3. The van der Waals surface area contributed by atoms with Crippen molar-refractivity contribution in [1.82, 2.24) is 30.2 Å². The third-order valence-corrected chi connectivity index (χ3v) is 12.8. The van der Waals surface area contributed by atoms with E-state index in [9.17, 15) is 72.6 Å². The van der Waals surface area contributed by atoms with Gasteiger partial charge in [0.1, 0.15) is 36.3 Å². The number of anilines is 1. The highest BCUT2D eigenvalue weighted by Crippen LogP contribution is 2.61. The van der Waals surface area contributed by atoms with Crippen LogP contribution in [0.1, 0.15) is 60.1 Å². The third-order valence-electron chi connectivity index (χ3n) is 8.78. The molecule has 63 heavy (non-hydrogen) atoms. The predicted molar refractivity (Wildman–Crippen MR) is 214 cm³/mol. The fourth-order valence-electron chi connectivity index (χ4n) is 5.63. The maximum Gasteiger partial charge on any atom is 0.481 e. The molecule has 7 atom stereocenters. The first-order valence-corrected chi connectivity index (χ1v) is 23.7. The van der Waals surface area contributed by atoms with Crippen molar-refractivity contribution in [2.24, 2.45) is 5.41 Å². The summed E-state index contributed by atoms with van der Waals surface area (Å²) in [5, 5.41) is 35.2. The van der Waals surface area contributed by atoms with Crippen LogP contribution in [-0.2, 0) is 50.7 Å². The van der Waals surface area contributed by atoms with Crippen molar-refractivity contribution in [2.45, 2.75) is 63.8 Å². The number of hydrogen-bond acceptors (Lipinski definition) is 20. The van der Waals surface area contributed by atoms with Gasteiger partial charge in [-0.25, -0.2) is 33.4 Å². The number of carboxylic acid groups (broad SMARTS) is 1. The average Bonchev–Trinajstić information content (AvgIpc) is 3.76. The van der Waals surface area contributed by atoms with Crippen LogP contribution in [0.5, 0.6) is 0 Å². The van der Waals surface area contributed by atoms with Crippen LogP contribution < -0.4 is 16.4 Å². The highest BCUT2D eigenvalue weighted by molar-refractivity contribution is 8.13. The number of Topliss-reactive ketones (excluding diaryl/α,β-unsaturated/α-hetero) is 1. The molecule has 0 bridgehead atoms. The molecule has 0 spiro atoms. The number of nitrogens with one attached hydrogen (secondary N) is 2. The number of fused-ring (bicyclic) bond motifs is 1. The number of aromatic carboxylic acids is 1. The van der Waals surface area contributed by atoms with E-state index >= 15 is 0 Å². The number of thioether (sulfide) groups is 1. The van der Waals surface area contributed by atoms with Gasteiger partial charge in [-0.3, -0.25) is 37.3 Å². The SMILES string of the molecule is CC(C)(COP(=O)(O)OP(=O)(O)OC[C@H]1O[C@@H](n2cnc3c(N)ncnc32)[C@H](O)[C@@H]1OP(=O)(O)O)[C@@H](O)C(=O)NCCC(=O)NCCSC(=O)CCC(=O)c1ccccc1C(=O)O. The number of nitrogens with zero attached hydrogens (tertiary/aromatic N) is 4. The molecule has 2 aromatic heterocycles. The van der Waals surface area contributed by atoms with E-state index < -0.39 is 96.3 Å². The number of hydrogen-bond donors (Lipinski definition) is 10. The number of rotatable bonds is 24. The molecule has 348 valence electrons. The predicted octanol–water partition coefficient (Wildman–Crippen LogP) is 0.0260. The second-order valence-corrected chi connectivity index (χ2v) is 19.5. The molecule has 27 nitrogen and oxygen atoms in total. The summed E-state index contributed by atoms with van der Waals surface area (Å²) in [6.07, 6.45) is -7.55. The van der Waals surface area contributed by atoms with Gasteiger partial charge in [-0.05, 0) is 6.07 Å². The van der Waals surface area contributed by atoms with Gasteiger partial charge in [0.25, 0.3) is 0 Å². The summed E-state index contributed by atoms with van der Waals surface area (Å²) in [5.74, 6) is -3.27. The quantitative estimate of drug-likeness (QED) is 0.0321. The average molecular weight is 972 g/mol. The highest BCUT2D eigenvalue weighted by atomic mass is 32.2. The van der Waals surface area contributed by atoms with Crippen LogP contribution in [0.2, 0.25) is 0 Å². The largest absolute Gasteiger partial charge is 0.481 e. The van der Waals surface area contributed by atoms with Gasteiger partial charge in [-0.1, -0.05) is 43.8 Å². The summed E-state index contributed by atoms with van der Waals surface area (Å²) in [6, 6.07) is 5.62. The first-order valence-electron chi connectivity index (χ1n) is 18.2. The van der Waals surface area contributed by atoms with Crippen LogP contribution in [-0.4, -0.2) is 140 Å². The monoisotopic (exact) mass is 971 g/mol. The number of carbonyl (C=O) groups excluding carboxylic acids is 4. The third kappa shape index (κ3) is 15.0. The summed E-state index contributed by atoms with van der Waals surface area (Å²) < 4.78 is 62.1. The van der Waals surface area contributed by atoms with Crippen molar-refractivity contribution >= 4 is 80.9 Å². The minimum absolute atomic E-state index is 0.0101. The molecule has 1 aliphatic rings. The minimum atomic E-state index is -5.61.